The Hall–Kier alpha value is 0.786. The summed E-state index contributed by atoms with van der Waals surface area (Å²) in [4.78, 5) is 0. The molecule has 0 heterocycles. The van der Waals surface area contributed by atoms with Gasteiger partial charge in [0.1, 0.15) is 0 Å². The van der Waals surface area contributed by atoms with Crippen LogP contribution >= 0.6 is 0 Å². The zero-order valence-corrected chi connectivity index (χ0v) is 20.7. The van der Waals surface area contributed by atoms with Crippen molar-refractivity contribution >= 4 is 9.48 Å². The Labute approximate surface area is 140 Å². The average Bonchev–Trinajstić information content (AvgIpc) is 2.77. The first-order chi connectivity index (χ1) is 9.94. The molecule has 1 aliphatic rings. The molecule has 0 fully saturated rings. The van der Waals surface area contributed by atoms with E-state index in [1.54, 1.807) is 3.28 Å². The minimum atomic E-state index is -3.72. The Morgan fingerprint density at radius 1 is 0.864 bits per heavy atom. The van der Waals surface area contributed by atoms with Gasteiger partial charge >= 0.3 is 141 Å². The molecule has 0 saturated heterocycles. The normalized spacial score (nSPS) is 18.2. The maximum absolute atomic E-state index is 4.21. The predicted octanol–water partition coefficient (Wildman–Crippen LogP) is 4.09. The molecule has 0 amide bonds. The van der Waals surface area contributed by atoms with Crippen LogP contribution in [0.25, 0.3) is 0 Å². The topological polar surface area (TPSA) is 36.1 Å². The monoisotopic (exact) mass is 448 g/mol. The second-order valence-corrected chi connectivity index (χ2v) is 59.6. The van der Waals surface area contributed by atoms with E-state index in [9.17, 15) is 0 Å². The first kappa shape index (κ1) is 20.8. The van der Waals surface area contributed by atoms with Crippen LogP contribution in [-0.2, 0) is 17.1 Å². The summed E-state index contributed by atoms with van der Waals surface area (Å²) >= 11 is -3.72. The van der Waals surface area contributed by atoms with E-state index >= 15 is 0 Å². The SMILES string of the molecule is CC(C)[NH][Zr]([NH]C(C)C)([NH]C(C)C)([C]1=CC=CC1)[Ge]([CH3])([CH3])[CH3]. The fraction of sp³-hybridized carbons (Fsp3) is 0.765. The zero-order chi connectivity index (χ0) is 17.2. The van der Waals surface area contributed by atoms with E-state index in [0.717, 1.165) is 6.42 Å². The first-order valence-electron chi connectivity index (χ1n) is 8.80. The van der Waals surface area contributed by atoms with Gasteiger partial charge in [0.15, 0.2) is 0 Å². The summed E-state index contributed by atoms with van der Waals surface area (Å²) in [6, 6.07) is 1.44. The van der Waals surface area contributed by atoms with Crippen molar-refractivity contribution in [3.8, 4) is 0 Å². The summed E-state index contributed by atoms with van der Waals surface area (Å²) in [5.41, 5.74) is 0. The van der Waals surface area contributed by atoms with Gasteiger partial charge in [0.2, 0.25) is 0 Å². The maximum atomic E-state index is 4.21. The van der Waals surface area contributed by atoms with Crippen molar-refractivity contribution in [2.75, 3.05) is 0 Å². The Bertz CT molecular complexity index is 418. The molecular formula is C17H38GeN3Zr. The quantitative estimate of drug-likeness (QED) is 0.490. The summed E-state index contributed by atoms with van der Waals surface area (Å²) in [6.07, 6.45) is 8.08. The van der Waals surface area contributed by atoms with Crippen molar-refractivity contribution in [1.29, 1.82) is 0 Å². The van der Waals surface area contributed by atoms with E-state index in [1.807, 2.05) is 0 Å². The molecule has 3 N–H and O–H groups in total. The number of nitrogens with one attached hydrogen (secondary N) is 3. The van der Waals surface area contributed by atoms with Crippen LogP contribution in [0.15, 0.2) is 21.5 Å². The van der Waals surface area contributed by atoms with Gasteiger partial charge in [0.25, 0.3) is 0 Å². The van der Waals surface area contributed by atoms with Crippen LogP contribution in [0.3, 0.4) is 0 Å². The Balaban J connectivity index is 3.65. The van der Waals surface area contributed by atoms with Gasteiger partial charge in [-0.2, -0.15) is 0 Å². The molecule has 0 aromatic heterocycles. The molecule has 0 atom stereocenters. The Kier molecular flexibility index (Phi) is 6.96. The van der Waals surface area contributed by atoms with E-state index in [4.69, 9.17) is 0 Å². The Morgan fingerprint density at radius 3 is 1.50 bits per heavy atom. The van der Waals surface area contributed by atoms with E-state index in [2.05, 4.69) is 86.8 Å². The zero-order valence-electron chi connectivity index (χ0n) is 16.2. The van der Waals surface area contributed by atoms with Gasteiger partial charge < -0.3 is 0 Å². The first-order valence-corrected chi connectivity index (χ1v) is 27.4. The van der Waals surface area contributed by atoms with Crippen molar-refractivity contribution in [2.24, 2.45) is 0 Å². The van der Waals surface area contributed by atoms with Gasteiger partial charge in [-0.25, -0.2) is 0 Å². The molecule has 0 spiro atoms. The van der Waals surface area contributed by atoms with Crippen LogP contribution in [0.1, 0.15) is 48.0 Å². The van der Waals surface area contributed by atoms with E-state index in [0.29, 0.717) is 18.1 Å². The molecule has 0 aromatic carbocycles. The molecule has 0 unspecified atom stereocenters. The van der Waals surface area contributed by atoms with E-state index in [1.165, 1.54) is 0 Å². The molecule has 0 radical (unpaired) electrons. The predicted molar refractivity (Wildman–Crippen MR) is 100 cm³/mol. The fourth-order valence-electron chi connectivity index (χ4n) is 4.08. The fourth-order valence-corrected chi connectivity index (χ4v) is 63.6. The van der Waals surface area contributed by atoms with Crippen molar-refractivity contribution in [3.63, 3.8) is 0 Å². The van der Waals surface area contributed by atoms with Gasteiger partial charge in [0, 0.05) is 0 Å². The molecule has 22 heavy (non-hydrogen) atoms. The summed E-state index contributed by atoms with van der Waals surface area (Å²) in [6.45, 7) is 13.8. The summed E-state index contributed by atoms with van der Waals surface area (Å²) in [5.74, 6) is 7.76. The summed E-state index contributed by atoms with van der Waals surface area (Å²) in [5, 5.41) is 0. The van der Waals surface area contributed by atoms with Crippen LogP contribution in [0, 0.1) is 0 Å². The van der Waals surface area contributed by atoms with Crippen molar-refractivity contribution in [3.05, 3.63) is 21.5 Å². The van der Waals surface area contributed by atoms with Gasteiger partial charge in [0.05, 0.1) is 0 Å². The van der Waals surface area contributed by atoms with Crippen molar-refractivity contribution in [1.82, 2.24) is 9.78 Å². The van der Waals surface area contributed by atoms with Gasteiger partial charge in [-0.1, -0.05) is 0 Å². The number of hydrogen-bond acceptors (Lipinski definition) is 3. The molecule has 5 heteroatoms. The van der Waals surface area contributed by atoms with Crippen LogP contribution < -0.4 is 9.78 Å². The summed E-state index contributed by atoms with van der Waals surface area (Å²) < 4.78 is 14.3. The van der Waals surface area contributed by atoms with Crippen LogP contribution in [0.5, 0.6) is 0 Å². The second-order valence-electron chi connectivity index (χ2n) is 8.72. The van der Waals surface area contributed by atoms with Crippen molar-refractivity contribution in [2.45, 2.75) is 83.4 Å². The molecular weight excluding hydrogens is 410 g/mol. The number of rotatable bonds is 8. The van der Waals surface area contributed by atoms with Crippen LogP contribution in [0.2, 0.25) is 17.3 Å². The number of allylic oxidation sites excluding steroid dienone is 4. The molecule has 1 rings (SSSR count). The molecule has 1 aliphatic carbocycles. The minimum absolute atomic E-state index is 0.481. The van der Waals surface area contributed by atoms with Gasteiger partial charge in [-0.3, -0.25) is 0 Å². The van der Waals surface area contributed by atoms with E-state index < -0.39 is 26.6 Å². The molecule has 3 nitrogen and oxygen atoms in total. The van der Waals surface area contributed by atoms with Gasteiger partial charge in [-0.05, 0) is 0 Å². The van der Waals surface area contributed by atoms with Crippen LogP contribution in [-0.4, -0.2) is 27.6 Å². The third kappa shape index (κ3) is 3.88. The molecule has 0 aliphatic heterocycles. The molecule has 0 bridgehead atoms. The van der Waals surface area contributed by atoms with Crippen LogP contribution in [0.4, 0.5) is 0 Å². The molecule has 0 aromatic rings. The third-order valence-electron chi connectivity index (χ3n) is 4.65. The molecule has 0 saturated carbocycles. The summed E-state index contributed by atoms with van der Waals surface area (Å²) in [7, 11) is -2.17. The number of hydrogen-bond donors (Lipinski definition) is 3. The second kappa shape index (κ2) is 7.35. The third-order valence-corrected chi connectivity index (χ3v) is 71.2. The van der Waals surface area contributed by atoms with E-state index in [-0.39, 0.29) is 0 Å². The standard InChI is InChI=1S/C5H5.C3H9Ge.3C3H8N.Zr/c1-2-4-5-3-1;1-4(2)3;3*1-3(2)4;/h1-3H,4H2;1-3H3;3*3-4H,1-2H3;/q;;3*-1;+3. The van der Waals surface area contributed by atoms with Gasteiger partial charge in [-0.15, -0.1) is 0 Å². The average molecular weight is 448 g/mol. The molecule has 129 valence electrons. The van der Waals surface area contributed by atoms with Crippen molar-refractivity contribution < 1.29 is 17.1 Å². The Morgan fingerprint density at radius 2 is 1.27 bits per heavy atom.